The van der Waals surface area contributed by atoms with Crippen LogP contribution in [0.1, 0.15) is 53.9 Å². The highest BCUT2D eigenvalue weighted by Gasteiger charge is 2.26. The molecule has 0 aromatic carbocycles. The highest BCUT2D eigenvalue weighted by molar-refractivity contribution is 5.75. The molecular weight excluding hydrogens is 252 g/mol. The zero-order valence-electron chi connectivity index (χ0n) is 13.8. The fourth-order valence-electron chi connectivity index (χ4n) is 2.90. The van der Waals surface area contributed by atoms with Crippen LogP contribution in [0.25, 0.3) is 0 Å². The quantitative estimate of drug-likeness (QED) is 0.729. The first-order chi connectivity index (χ1) is 9.43. The molecule has 0 saturated carbocycles. The first-order valence-corrected chi connectivity index (χ1v) is 8.10. The van der Waals surface area contributed by atoms with Gasteiger partial charge in [0.1, 0.15) is 6.04 Å². The molecule has 4 nitrogen and oxygen atoms in total. The van der Waals surface area contributed by atoms with E-state index in [1.54, 1.807) is 0 Å². The van der Waals surface area contributed by atoms with Crippen LogP contribution in [0, 0.1) is 5.92 Å². The number of piperidine rings is 1. The van der Waals surface area contributed by atoms with Gasteiger partial charge in [-0.2, -0.15) is 0 Å². The maximum Gasteiger partial charge on any atom is 0.323 e. The van der Waals surface area contributed by atoms with Crippen molar-refractivity contribution < 1.29 is 9.53 Å². The zero-order valence-corrected chi connectivity index (χ0v) is 13.8. The van der Waals surface area contributed by atoms with Crippen molar-refractivity contribution in [1.29, 1.82) is 0 Å². The Labute approximate surface area is 124 Å². The van der Waals surface area contributed by atoms with Gasteiger partial charge in [-0.25, -0.2) is 0 Å². The topological polar surface area (TPSA) is 41.6 Å². The molecule has 4 heteroatoms. The molecule has 1 heterocycles. The standard InChI is InChI=1S/C16H32N2O2/c1-6-20-16(19)15(17-12(2)3)9-10-18-11-13(4)7-8-14(18)5/h12-15,17H,6-11H2,1-5H3. The first-order valence-electron chi connectivity index (χ1n) is 8.10. The predicted molar refractivity (Wildman–Crippen MR) is 82.7 cm³/mol. The Morgan fingerprint density at radius 3 is 2.65 bits per heavy atom. The van der Waals surface area contributed by atoms with Gasteiger partial charge in [-0.1, -0.05) is 20.8 Å². The Kier molecular flexibility index (Phi) is 7.52. The van der Waals surface area contributed by atoms with Crippen LogP contribution in [0.5, 0.6) is 0 Å². The van der Waals surface area contributed by atoms with Gasteiger partial charge in [0, 0.05) is 25.2 Å². The van der Waals surface area contributed by atoms with Crippen molar-refractivity contribution in [2.45, 2.75) is 72.0 Å². The minimum absolute atomic E-state index is 0.112. The summed E-state index contributed by atoms with van der Waals surface area (Å²) in [7, 11) is 0. The number of ether oxygens (including phenoxy) is 1. The lowest BCUT2D eigenvalue weighted by Gasteiger charge is -2.37. The van der Waals surface area contributed by atoms with Crippen molar-refractivity contribution in [2.24, 2.45) is 5.92 Å². The van der Waals surface area contributed by atoms with E-state index in [-0.39, 0.29) is 12.0 Å². The maximum atomic E-state index is 12.0. The van der Waals surface area contributed by atoms with Gasteiger partial charge in [0.25, 0.3) is 0 Å². The summed E-state index contributed by atoms with van der Waals surface area (Å²) in [6.07, 6.45) is 3.42. The van der Waals surface area contributed by atoms with E-state index in [0.717, 1.165) is 25.4 Å². The van der Waals surface area contributed by atoms with Crippen molar-refractivity contribution >= 4 is 5.97 Å². The highest BCUT2D eigenvalue weighted by atomic mass is 16.5. The van der Waals surface area contributed by atoms with E-state index in [0.29, 0.717) is 18.7 Å². The zero-order chi connectivity index (χ0) is 15.1. The molecule has 118 valence electrons. The molecule has 1 saturated heterocycles. The molecule has 1 rings (SSSR count). The Morgan fingerprint density at radius 1 is 1.35 bits per heavy atom. The average Bonchev–Trinajstić information content (AvgIpc) is 2.38. The summed E-state index contributed by atoms with van der Waals surface area (Å²) in [6.45, 7) is 13.2. The van der Waals surface area contributed by atoms with Crippen LogP contribution < -0.4 is 5.32 Å². The fourth-order valence-corrected chi connectivity index (χ4v) is 2.90. The molecule has 1 N–H and O–H groups in total. The number of esters is 1. The van der Waals surface area contributed by atoms with E-state index < -0.39 is 0 Å². The Hall–Kier alpha value is -0.610. The molecule has 0 amide bonds. The summed E-state index contributed by atoms with van der Waals surface area (Å²) in [5.74, 6) is 0.657. The van der Waals surface area contributed by atoms with Crippen LogP contribution in [-0.4, -0.2) is 48.7 Å². The summed E-state index contributed by atoms with van der Waals surface area (Å²) in [6, 6.07) is 0.745. The monoisotopic (exact) mass is 284 g/mol. The molecule has 0 aliphatic carbocycles. The van der Waals surface area contributed by atoms with Crippen molar-refractivity contribution in [3.8, 4) is 0 Å². The number of carbonyl (C=O) groups is 1. The molecule has 1 fully saturated rings. The molecule has 20 heavy (non-hydrogen) atoms. The van der Waals surface area contributed by atoms with Crippen molar-refractivity contribution in [1.82, 2.24) is 10.2 Å². The summed E-state index contributed by atoms with van der Waals surface area (Å²) >= 11 is 0. The molecular formula is C16H32N2O2. The Bertz CT molecular complexity index is 294. The van der Waals surface area contributed by atoms with E-state index in [1.165, 1.54) is 12.8 Å². The molecule has 1 aliphatic heterocycles. The number of likely N-dealkylation sites (tertiary alicyclic amines) is 1. The lowest BCUT2D eigenvalue weighted by molar-refractivity contribution is -0.146. The Balaban J connectivity index is 2.49. The molecule has 1 aliphatic rings. The van der Waals surface area contributed by atoms with E-state index in [4.69, 9.17) is 4.74 Å². The maximum absolute atomic E-state index is 12.0. The molecule has 3 atom stereocenters. The van der Waals surface area contributed by atoms with Gasteiger partial charge < -0.3 is 15.0 Å². The lowest BCUT2D eigenvalue weighted by atomic mass is 9.94. The van der Waals surface area contributed by atoms with Gasteiger partial charge in [0.2, 0.25) is 0 Å². The van der Waals surface area contributed by atoms with Gasteiger partial charge in [0.15, 0.2) is 0 Å². The minimum Gasteiger partial charge on any atom is -0.465 e. The van der Waals surface area contributed by atoms with Crippen molar-refractivity contribution in [3.63, 3.8) is 0 Å². The minimum atomic E-state index is -0.181. The normalized spacial score (nSPS) is 25.7. The summed E-state index contributed by atoms with van der Waals surface area (Å²) in [5.41, 5.74) is 0. The van der Waals surface area contributed by atoms with Crippen LogP contribution in [-0.2, 0) is 9.53 Å². The van der Waals surface area contributed by atoms with E-state index in [1.807, 2.05) is 6.92 Å². The molecule has 0 aromatic rings. The van der Waals surface area contributed by atoms with Gasteiger partial charge in [-0.05, 0) is 39.0 Å². The number of nitrogens with zero attached hydrogens (tertiary/aromatic N) is 1. The molecule has 0 radical (unpaired) electrons. The summed E-state index contributed by atoms with van der Waals surface area (Å²) in [5, 5.41) is 3.33. The third kappa shape index (κ3) is 5.80. The predicted octanol–water partition coefficient (Wildman–Crippen LogP) is 2.43. The second-order valence-electron chi connectivity index (χ2n) is 6.44. The first kappa shape index (κ1) is 17.4. The van der Waals surface area contributed by atoms with Crippen LogP contribution in [0.3, 0.4) is 0 Å². The van der Waals surface area contributed by atoms with Gasteiger partial charge in [0.05, 0.1) is 6.61 Å². The number of hydrogen-bond donors (Lipinski definition) is 1. The third-order valence-corrected chi connectivity index (χ3v) is 4.06. The van der Waals surface area contributed by atoms with Crippen LogP contribution in [0.15, 0.2) is 0 Å². The van der Waals surface area contributed by atoms with E-state index >= 15 is 0 Å². The molecule has 0 bridgehead atoms. The van der Waals surface area contributed by atoms with Crippen LogP contribution in [0.4, 0.5) is 0 Å². The highest BCUT2D eigenvalue weighted by Crippen LogP contribution is 2.21. The average molecular weight is 284 g/mol. The summed E-state index contributed by atoms with van der Waals surface area (Å²) < 4.78 is 5.17. The molecule has 0 spiro atoms. The second kappa shape index (κ2) is 8.63. The Morgan fingerprint density at radius 2 is 2.05 bits per heavy atom. The van der Waals surface area contributed by atoms with Crippen LogP contribution in [0.2, 0.25) is 0 Å². The van der Waals surface area contributed by atoms with Gasteiger partial charge in [-0.15, -0.1) is 0 Å². The molecule has 0 aromatic heterocycles. The fraction of sp³-hybridized carbons (Fsp3) is 0.938. The number of hydrogen-bond acceptors (Lipinski definition) is 4. The number of rotatable bonds is 7. The number of carbonyl (C=O) groups excluding carboxylic acids is 1. The van der Waals surface area contributed by atoms with Gasteiger partial charge >= 0.3 is 5.97 Å². The molecule has 3 unspecified atom stereocenters. The second-order valence-corrected chi connectivity index (χ2v) is 6.44. The summed E-state index contributed by atoms with van der Waals surface area (Å²) in [4.78, 5) is 14.5. The van der Waals surface area contributed by atoms with Crippen molar-refractivity contribution in [3.05, 3.63) is 0 Å². The van der Waals surface area contributed by atoms with Crippen molar-refractivity contribution in [2.75, 3.05) is 19.7 Å². The van der Waals surface area contributed by atoms with E-state index in [2.05, 4.69) is 37.9 Å². The van der Waals surface area contributed by atoms with E-state index in [9.17, 15) is 4.79 Å². The lowest BCUT2D eigenvalue weighted by Crippen LogP contribution is -2.47. The van der Waals surface area contributed by atoms with Gasteiger partial charge in [-0.3, -0.25) is 4.79 Å². The largest absolute Gasteiger partial charge is 0.465 e. The number of nitrogens with one attached hydrogen (secondary N) is 1. The SMILES string of the molecule is CCOC(=O)C(CCN1CC(C)CCC1C)NC(C)C. The third-order valence-electron chi connectivity index (χ3n) is 4.06. The smallest absolute Gasteiger partial charge is 0.323 e. The van der Waals surface area contributed by atoms with Crippen LogP contribution >= 0.6 is 0 Å².